The van der Waals surface area contributed by atoms with E-state index in [4.69, 9.17) is 10.8 Å². The number of carboxylic acids is 1. The molecule has 0 heterocycles. The molecule has 1 rings (SSSR count). The van der Waals surface area contributed by atoms with Gasteiger partial charge in [-0.2, -0.15) is 0 Å². The van der Waals surface area contributed by atoms with Crippen LogP contribution in [-0.4, -0.2) is 23.0 Å². The molecule has 0 aromatic heterocycles. The Morgan fingerprint density at radius 1 is 1.35 bits per heavy atom. The van der Waals surface area contributed by atoms with E-state index in [0.29, 0.717) is 6.54 Å². The summed E-state index contributed by atoms with van der Waals surface area (Å²) in [7, 11) is 0. The predicted molar refractivity (Wildman–Crippen MR) is 66.2 cm³/mol. The maximum Gasteiger partial charge on any atom is 0.305 e. The van der Waals surface area contributed by atoms with Crippen molar-refractivity contribution < 1.29 is 14.7 Å². The van der Waals surface area contributed by atoms with Crippen LogP contribution in [0.4, 0.5) is 0 Å². The molecule has 0 saturated carbocycles. The number of hydrogen-bond acceptors (Lipinski definition) is 3. The van der Waals surface area contributed by atoms with E-state index in [1.54, 1.807) is 0 Å². The number of nitrogens with one attached hydrogen (secondary N) is 1. The number of carboxylic acid groups (broad SMARTS) is 1. The largest absolute Gasteiger partial charge is 0.481 e. The van der Waals surface area contributed by atoms with E-state index in [9.17, 15) is 9.59 Å². The minimum absolute atomic E-state index is 0.333. The fourth-order valence-corrected chi connectivity index (χ4v) is 1.47. The number of carbonyl (C=O) groups is 2. The summed E-state index contributed by atoms with van der Waals surface area (Å²) >= 11 is 3.30. The van der Waals surface area contributed by atoms with E-state index in [2.05, 4.69) is 21.2 Å². The number of nitrogens with two attached hydrogens (primary N) is 1. The first-order chi connectivity index (χ1) is 7.99. The van der Waals surface area contributed by atoms with Gasteiger partial charge in [0, 0.05) is 11.0 Å². The zero-order valence-corrected chi connectivity index (χ0v) is 10.6. The maximum absolute atomic E-state index is 11.4. The minimum Gasteiger partial charge on any atom is -0.481 e. The zero-order chi connectivity index (χ0) is 12.8. The third-order valence-electron chi connectivity index (χ3n) is 2.11. The van der Waals surface area contributed by atoms with E-state index in [0.717, 1.165) is 10.0 Å². The average Bonchev–Trinajstić information content (AvgIpc) is 2.27. The van der Waals surface area contributed by atoms with Crippen LogP contribution in [-0.2, 0) is 16.1 Å². The summed E-state index contributed by atoms with van der Waals surface area (Å²) in [6, 6.07) is 6.42. The lowest BCUT2D eigenvalue weighted by Gasteiger charge is -2.10. The predicted octanol–water partition coefficient (Wildman–Crippen LogP) is 0.867. The Balaban J connectivity index is 2.42. The molecule has 4 N–H and O–H groups in total. The molecule has 0 spiro atoms. The molecule has 0 aliphatic heterocycles. The lowest BCUT2D eigenvalue weighted by molar-refractivity contribution is -0.139. The third kappa shape index (κ3) is 4.97. The van der Waals surface area contributed by atoms with Crippen molar-refractivity contribution in [1.29, 1.82) is 0 Å². The van der Waals surface area contributed by atoms with Crippen molar-refractivity contribution in [2.75, 3.05) is 0 Å². The van der Waals surface area contributed by atoms with Gasteiger partial charge in [-0.05, 0) is 17.7 Å². The Morgan fingerprint density at radius 3 is 2.47 bits per heavy atom. The fourth-order valence-electron chi connectivity index (χ4n) is 1.20. The molecule has 1 unspecified atom stereocenters. The van der Waals surface area contributed by atoms with E-state index >= 15 is 0 Å². The summed E-state index contributed by atoms with van der Waals surface area (Å²) in [5.74, 6) is -1.55. The summed E-state index contributed by atoms with van der Waals surface area (Å²) in [4.78, 5) is 21.8. The summed E-state index contributed by atoms with van der Waals surface area (Å²) in [5.41, 5.74) is 6.33. The van der Waals surface area contributed by atoms with E-state index in [-0.39, 0.29) is 6.42 Å². The zero-order valence-electron chi connectivity index (χ0n) is 9.02. The molecule has 0 bridgehead atoms. The molecule has 1 aromatic carbocycles. The van der Waals surface area contributed by atoms with Crippen molar-refractivity contribution in [2.45, 2.75) is 19.0 Å². The van der Waals surface area contributed by atoms with Gasteiger partial charge in [-0.25, -0.2) is 0 Å². The molecule has 0 aliphatic rings. The van der Waals surface area contributed by atoms with Crippen molar-refractivity contribution in [3.63, 3.8) is 0 Å². The fraction of sp³-hybridized carbons (Fsp3) is 0.273. The molecule has 0 aliphatic carbocycles. The van der Waals surface area contributed by atoms with Crippen molar-refractivity contribution in [3.8, 4) is 0 Å². The standard InChI is InChI=1S/C11H13BrN2O3/c12-8-3-1-7(2-4-8)6-14-11(17)9(13)5-10(15)16/h1-4,9H,5-6,13H2,(H,14,17)(H,15,16). The number of benzene rings is 1. The van der Waals surface area contributed by atoms with Crippen LogP contribution in [0.15, 0.2) is 28.7 Å². The molecule has 0 fully saturated rings. The van der Waals surface area contributed by atoms with E-state index < -0.39 is 17.9 Å². The smallest absolute Gasteiger partial charge is 0.305 e. The number of aliphatic carboxylic acids is 1. The summed E-state index contributed by atoms with van der Waals surface area (Å²) in [5, 5.41) is 11.1. The highest BCUT2D eigenvalue weighted by Crippen LogP contribution is 2.10. The van der Waals surface area contributed by atoms with Gasteiger partial charge in [0.2, 0.25) is 5.91 Å². The van der Waals surface area contributed by atoms with Crippen LogP contribution in [0.5, 0.6) is 0 Å². The van der Waals surface area contributed by atoms with Gasteiger partial charge in [-0.15, -0.1) is 0 Å². The lowest BCUT2D eigenvalue weighted by Crippen LogP contribution is -2.41. The maximum atomic E-state index is 11.4. The van der Waals surface area contributed by atoms with Crippen molar-refractivity contribution in [2.24, 2.45) is 5.73 Å². The van der Waals surface area contributed by atoms with Gasteiger partial charge in [-0.3, -0.25) is 9.59 Å². The van der Waals surface area contributed by atoms with E-state index in [1.165, 1.54) is 0 Å². The van der Waals surface area contributed by atoms with Crippen LogP contribution in [0.1, 0.15) is 12.0 Å². The van der Waals surface area contributed by atoms with Crippen molar-refractivity contribution >= 4 is 27.8 Å². The lowest BCUT2D eigenvalue weighted by atomic mass is 10.2. The molecular formula is C11H13BrN2O3. The normalized spacial score (nSPS) is 11.9. The van der Waals surface area contributed by atoms with Gasteiger partial charge in [0.05, 0.1) is 12.5 Å². The molecule has 92 valence electrons. The van der Waals surface area contributed by atoms with Crippen molar-refractivity contribution in [1.82, 2.24) is 5.32 Å². The highest BCUT2D eigenvalue weighted by molar-refractivity contribution is 9.10. The van der Waals surface area contributed by atoms with Crippen LogP contribution in [0, 0.1) is 0 Å². The number of halogens is 1. The Hall–Kier alpha value is -1.40. The average molecular weight is 301 g/mol. The number of carbonyl (C=O) groups excluding carboxylic acids is 1. The molecule has 6 heteroatoms. The first-order valence-corrected chi connectivity index (χ1v) is 5.78. The summed E-state index contributed by atoms with van der Waals surface area (Å²) in [6.07, 6.45) is -0.369. The van der Waals surface area contributed by atoms with E-state index in [1.807, 2.05) is 24.3 Å². The number of hydrogen-bond donors (Lipinski definition) is 3. The first kappa shape index (κ1) is 13.7. The molecule has 0 saturated heterocycles. The second-order valence-corrected chi connectivity index (χ2v) is 4.46. The molecule has 0 radical (unpaired) electrons. The monoisotopic (exact) mass is 300 g/mol. The number of rotatable bonds is 5. The molecular weight excluding hydrogens is 288 g/mol. The van der Waals surface area contributed by atoms with Crippen LogP contribution in [0.2, 0.25) is 0 Å². The topological polar surface area (TPSA) is 92.4 Å². The second-order valence-electron chi connectivity index (χ2n) is 3.55. The Morgan fingerprint density at radius 2 is 1.94 bits per heavy atom. The summed E-state index contributed by atoms with van der Waals surface area (Å²) in [6.45, 7) is 0.333. The van der Waals surface area contributed by atoms with Gasteiger partial charge in [0.25, 0.3) is 0 Å². The number of amides is 1. The highest BCUT2D eigenvalue weighted by Gasteiger charge is 2.16. The Kier molecular flexibility index (Phi) is 5.11. The third-order valence-corrected chi connectivity index (χ3v) is 2.64. The minimum atomic E-state index is -1.09. The Labute approximate surface area is 107 Å². The SMILES string of the molecule is NC(CC(=O)O)C(=O)NCc1ccc(Br)cc1. The molecule has 1 atom stereocenters. The van der Waals surface area contributed by atoms with Crippen LogP contribution in [0.25, 0.3) is 0 Å². The van der Waals surface area contributed by atoms with Crippen LogP contribution in [0.3, 0.4) is 0 Å². The van der Waals surface area contributed by atoms with Gasteiger partial charge in [0.1, 0.15) is 0 Å². The van der Waals surface area contributed by atoms with Gasteiger partial charge in [-0.1, -0.05) is 28.1 Å². The van der Waals surface area contributed by atoms with Crippen molar-refractivity contribution in [3.05, 3.63) is 34.3 Å². The molecule has 17 heavy (non-hydrogen) atoms. The van der Waals surface area contributed by atoms with Crippen LogP contribution < -0.4 is 11.1 Å². The quantitative estimate of drug-likeness (QED) is 0.752. The van der Waals surface area contributed by atoms with Crippen LogP contribution >= 0.6 is 15.9 Å². The van der Waals surface area contributed by atoms with Gasteiger partial charge >= 0.3 is 5.97 Å². The highest BCUT2D eigenvalue weighted by atomic mass is 79.9. The molecule has 1 amide bonds. The van der Waals surface area contributed by atoms with Gasteiger partial charge < -0.3 is 16.2 Å². The summed E-state index contributed by atoms with van der Waals surface area (Å²) < 4.78 is 0.954. The Bertz CT molecular complexity index is 406. The van der Waals surface area contributed by atoms with Gasteiger partial charge in [0.15, 0.2) is 0 Å². The first-order valence-electron chi connectivity index (χ1n) is 4.98. The molecule has 1 aromatic rings. The second kappa shape index (κ2) is 6.36. The molecule has 5 nitrogen and oxygen atoms in total.